The second-order valence-electron chi connectivity index (χ2n) is 3.87. The van der Waals surface area contributed by atoms with Gasteiger partial charge >= 0.3 is 5.97 Å². The number of aliphatic carboxylic acids is 1. The average molecular weight is 320 g/mol. The van der Waals surface area contributed by atoms with Crippen molar-refractivity contribution < 1.29 is 28.4 Å². The van der Waals surface area contributed by atoms with Crippen molar-refractivity contribution >= 4 is 29.3 Å². The SMILES string of the molecule is CC(=O)N[C@@H](CSc1c([N+](=O)[O-])ccc(F)c1F)C(=O)O. The molecule has 0 spiro atoms. The van der Waals surface area contributed by atoms with E-state index in [-0.39, 0.29) is 0 Å². The fourth-order valence-corrected chi connectivity index (χ4v) is 2.46. The number of carboxylic acid groups (broad SMARTS) is 1. The molecule has 0 aliphatic rings. The third kappa shape index (κ3) is 4.38. The summed E-state index contributed by atoms with van der Waals surface area (Å²) < 4.78 is 26.7. The minimum Gasteiger partial charge on any atom is -0.480 e. The molecule has 0 saturated carbocycles. The normalized spacial score (nSPS) is 11.8. The summed E-state index contributed by atoms with van der Waals surface area (Å²) in [7, 11) is 0. The highest BCUT2D eigenvalue weighted by Gasteiger charge is 2.25. The molecule has 1 rings (SSSR count). The fraction of sp³-hybridized carbons (Fsp3) is 0.273. The second kappa shape index (κ2) is 6.97. The molecule has 2 N–H and O–H groups in total. The van der Waals surface area contributed by atoms with E-state index >= 15 is 0 Å². The molecule has 21 heavy (non-hydrogen) atoms. The zero-order valence-electron chi connectivity index (χ0n) is 10.6. The van der Waals surface area contributed by atoms with Crippen LogP contribution in [-0.4, -0.2) is 33.7 Å². The van der Waals surface area contributed by atoms with E-state index in [1.807, 2.05) is 0 Å². The summed E-state index contributed by atoms with van der Waals surface area (Å²) in [4.78, 5) is 31.0. The number of halogens is 2. The summed E-state index contributed by atoms with van der Waals surface area (Å²) in [6.45, 7) is 1.09. The number of nitro groups is 1. The molecule has 1 aromatic rings. The molecule has 7 nitrogen and oxygen atoms in total. The molecular weight excluding hydrogens is 310 g/mol. The molecule has 10 heteroatoms. The first-order chi connectivity index (χ1) is 9.73. The Kier molecular flexibility index (Phi) is 5.59. The number of amides is 1. The van der Waals surface area contributed by atoms with Crippen LogP contribution < -0.4 is 5.32 Å². The maximum absolute atomic E-state index is 13.6. The van der Waals surface area contributed by atoms with Crippen molar-refractivity contribution in [2.45, 2.75) is 17.9 Å². The Labute approximate surface area is 121 Å². The zero-order valence-corrected chi connectivity index (χ0v) is 11.4. The van der Waals surface area contributed by atoms with E-state index in [0.717, 1.165) is 13.0 Å². The number of thioether (sulfide) groups is 1. The first-order valence-electron chi connectivity index (χ1n) is 5.49. The number of benzene rings is 1. The van der Waals surface area contributed by atoms with Gasteiger partial charge in [0.2, 0.25) is 5.91 Å². The van der Waals surface area contributed by atoms with Gasteiger partial charge in [-0.15, -0.1) is 11.8 Å². The Balaban J connectivity index is 3.01. The van der Waals surface area contributed by atoms with Crippen molar-refractivity contribution in [1.29, 1.82) is 0 Å². The Morgan fingerprint density at radius 1 is 1.48 bits per heavy atom. The molecule has 0 fully saturated rings. The number of carboxylic acids is 1. The van der Waals surface area contributed by atoms with Crippen molar-refractivity contribution in [3.05, 3.63) is 33.9 Å². The van der Waals surface area contributed by atoms with E-state index in [4.69, 9.17) is 5.11 Å². The van der Waals surface area contributed by atoms with Crippen LogP contribution in [0.3, 0.4) is 0 Å². The lowest BCUT2D eigenvalue weighted by molar-refractivity contribution is -0.388. The number of carbonyl (C=O) groups is 2. The lowest BCUT2D eigenvalue weighted by atomic mass is 10.3. The molecule has 0 aliphatic carbocycles. The van der Waals surface area contributed by atoms with Crippen LogP contribution in [0.1, 0.15) is 6.92 Å². The first-order valence-corrected chi connectivity index (χ1v) is 6.47. The number of nitro benzene ring substituents is 1. The lowest BCUT2D eigenvalue weighted by Gasteiger charge is -2.13. The Bertz CT molecular complexity index is 596. The fourth-order valence-electron chi connectivity index (χ4n) is 1.39. The van der Waals surface area contributed by atoms with Crippen LogP contribution in [0, 0.1) is 21.7 Å². The third-order valence-electron chi connectivity index (χ3n) is 2.30. The highest BCUT2D eigenvalue weighted by Crippen LogP contribution is 2.33. The summed E-state index contributed by atoms with van der Waals surface area (Å²) in [5, 5.41) is 21.7. The van der Waals surface area contributed by atoms with Gasteiger partial charge < -0.3 is 10.4 Å². The van der Waals surface area contributed by atoms with E-state index in [0.29, 0.717) is 17.8 Å². The molecule has 1 aromatic carbocycles. The molecule has 0 radical (unpaired) electrons. The van der Waals surface area contributed by atoms with Gasteiger partial charge in [0.25, 0.3) is 5.69 Å². The van der Waals surface area contributed by atoms with Crippen LogP contribution in [-0.2, 0) is 9.59 Å². The van der Waals surface area contributed by atoms with Crippen LogP contribution in [0.4, 0.5) is 14.5 Å². The van der Waals surface area contributed by atoms with Gasteiger partial charge in [-0.2, -0.15) is 0 Å². The van der Waals surface area contributed by atoms with Crippen LogP contribution in [0.5, 0.6) is 0 Å². The molecule has 0 bridgehead atoms. The number of carbonyl (C=O) groups excluding carboxylic acids is 1. The van der Waals surface area contributed by atoms with Gasteiger partial charge in [0, 0.05) is 18.7 Å². The average Bonchev–Trinajstić information content (AvgIpc) is 2.37. The topological polar surface area (TPSA) is 110 Å². The molecule has 0 aliphatic heterocycles. The van der Waals surface area contributed by atoms with Gasteiger partial charge in [0.15, 0.2) is 11.6 Å². The van der Waals surface area contributed by atoms with Crippen LogP contribution in [0.2, 0.25) is 0 Å². The van der Waals surface area contributed by atoms with E-state index in [9.17, 15) is 28.5 Å². The minimum atomic E-state index is -1.43. The largest absolute Gasteiger partial charge is 0.480 e. The van der Waals surface area contributed by atoms with Crippen molar-refractivity contribution in [3.63, 3.8) is 0 Å². The number of nitrogens with one attached hydrogen (secondary N) is 1. The Hall–Kier alpha value is -2.23. The highest BCUT2D eigenvalue weighted by molar-refractivity contribution is 7.99. The maximum atomic E-state index is 13.6. The molecular formula is C11H10F2N2O5S. The van der Waals surface area contributed by atoms with Gasteiger partial charge in [0.1, 0.15) is 10.9 Å². The Morgan fingerprint density at radius 2 is 2.10 bits per heavy atom. The van der Waals surface area contributed by atoms with Gasteiger partial charge in [-0.1, -0.05) is 0 Å². The van der Waals surface area contributed by atoms with E-state index in [1.165, 1.54) is 0 Å². The molecule has 0 heterocycles. The third-order valence-corrected chi connectivity index (χ3v) is 3.47. The van der Waals surface area contributed by atoms with Crippen molar-refractivity contribution in [2.24, 2.45) is 0 Å². The summed E-state index contributed by atoms with van der Waals surface area (Å²) in [5.74, 6) is -5.12. The highest BCUT2D eigenvalue weighted by atomic mass is 32.2. The second-order valence-corrected chi connectivity index (χ2v) is 4.90. The number of hydrogen-bond donors (Lipinski definition) is 2. The number of hydrogen-bond acceptors (Lipinski definition) is 5. The quantitative estimate of drug-likeness (QED) is 0.467. The standard InChI is InChI=1S/C11H10F2N2O5S/c1-5(16)14-7(11(17)18)4-21-10-8(15(19)20)3-2-6(12)9(10)13/h2-3,7H,4H2,1H3,(H,14,16)(H,17,18)/t7-/m0/s1. The van der Waals surface area contributed by atoms with Gasteiger partial charge in [-0.05, 0) is 6.07 Å². The Morgan fingerprint density at radius 3 is 2.57 bits per heavy atom. The van der Waals surface area contributed by atoms with Crippen LogP contribution in [0.25, 0.3) is 0 Å². The molecule has 114 valence electrons. The number of rotatable bonds is 6. The van der Waals surface area contributed by atoms with Crippen molar-refractivity contribution in [3.8, 4) is 0 Å². The van der Waals surface area contributed by atoms with Gasteiger partial charge in [-0.25, -0.2) is 13.6 Å². The predicted octanol–water partition coefficient (Wildman–Crippen LogP) is 1.55. The van der Waals surface area contributed by atoms with Crippen LogP contribution >= 0.6 is 11.8 Å². The molecule has 1 atom stereocenters. The smallest absolute Gasteiger partial charge is 0.327 e. The van der Waals surface area contributed by atoms with Crippen molar-refractivity contribution in [1.82, 2.24) is 5.32 Å². The summed E-state index contributed by atoms with van der Waals surface area (Å²) >= 11 is 0.442. The molecule has 0 aromatic heterocycles. The zero-order chi connectivity index (χ0) is 16.2. The number of nitrogens with zero attached hydrogens (tertiary/aromatic N) is 1. The van der Waals surface area contributed by atoms with Crippen molar-refractivity contribution in [2.75, 3.05) is 5.75 Å². The molecule has 1 amide bonds. The first kappa shape index (κ1) is 16.8. The predicted molar refractivity (Wildman–Crippen MR) is 69.0 cm³/mol. The monoisotopic (exact) mass is 320 g/mol. The van der Waals surface area contributed by atoms with Gasteiger partial charge in [0.05, 0.1) is 4.92 Å². The summed E-state index contributed by atoms with van der Waals surface area (Å²) in [5.41, 5.74) is -0.675. The maximum Gasteiger partial charge on any atom is 0.327 e. The van der Waals surface area contributed by atoms with E-state index < -0.39 is 50.8 Å². The van der Waals surface area contributed by atoms with E-state index in [1.54, 1.807) is 0 Å². The lowest BCUT2D eigenvalue weighted by Crippen LogP contribution is -2.41. The van der Waals surface area contributed by atoms with Crippen LogP contribution in [0.15, 0.2) is 17.0 Å². The minimum absolute atomic E-state index is 0.393. The molecule has 0 unspecified atom stereocenters. The summed E-state index contributed by atoms with van der Waals surface area (Å²) in [6.07, 6.45) is 0. The van der Waals surface area contributed by atoms with Gasteiger partial charge in [-0.3, -0.25) is 14.9 Å². The van der Waals surface area contributed by atoms with E-state index in [2.05, 4.69) is 5.32 Å². The summed E-state index contributed by atoms with van der Waals surface area (Å²) in [6, 6.07) is 0.0179. The molecule has 0 saturated heterocycles.